The minimum absolute atomic E-state index is 0.0293. The number of carboxylic acids is 1. The van der Waals surface area contributed by atoms with Gasteiger partial charge in [-0.05, 0) is 51.0 Å². The van der Waals surface area contributed by atoms with Gasteiger partial charge in [0.2, 0.25) is 0 Å². The predicted octanol–water partition coefficient (Wildman–Crippen LogP) is 4.78. The lowest BCUT2D eigenvalue weighted by Crippen LogP contribution is -2.09. The minimum Gasteiger partial charge on any atom is -0.507 e. The van der Waals surface area contributed by atoms with Crippen LogP contribution in [0.1, 0.15) is 58.5 Å². The summed E-state index contributed by atoms with van der Waals surface area (Å²) < 4.78 is 11.4. The molecule has 0 radical (unpaired) electrons. The van der Waals surface area contributed by atoms with Crippen LogP contribution in [0, 0.1) is 19.8 Å². The van der Waals surface area contributed by atoms with Gasteiger partial charge in [-0.1, -0.05) is 19.9 Å². The fourth-order valence-electron chi connectivity index (χ4n) is 2.92. The second-order valence-corrected chi connectivity index (χ2v) is 7.24. The number of carbonyl (C=O) groups excluding carboxylic acids is 1. The van der Waals surface area contributed by atoms with Gasteiger partial charge in [-0.15, -0.1) is 0 Å². The molecule has 0 amide bonds. The van der Waals surface area contributed by atoms with Crippen LogP contribution in [0.25, 0.3) is 0 Å². The first kappa shape index (κ1) is 22.3. The number of aromatic hydroxyl groups is 1. The highest BCUT2D eigenvalue weighted by molar-refractivity contribution is 6.00. The summed E-state index contributed by atoms with van der Waals surface area (Å²) in [6, 6.07) is 8.28. The van der Waals surface area contributed by atoms with Gasteiger partial charge in [-0.3, -0.25) is 4.79 Å². The minimum atomic E-state index is -0.971. The van der Waals surface area contributed by atoms with Gasteiger partial charge in [0.05, 0.1) is 24.3 Å². The summed E-state index contributed by atoms with van der Waals surface area (Å²) in [5.74, 6) is -0.173. The molecule has 0 heterocycles. The number of phenolic OH excluding ortho intramolecular Hbond substituents is 1. The number of ketones is 1. The number of ether oxygens (including phenoxy) is 2. The van der Waals surface area contributed by atoms with Gasteiger partial charge in [0.25, 0.3) is 0 Å². The van der Waals surface area contributed by atoms with Gasteiger partial charge >= 0.3 is 5.97 Å². The third kappa shape index (κ3) is 5.50. The standard InChI is InChI=1S/C23H28O6/c1-14(2)21(24)18-10-11-20(16(4)22(18)25)29-13-6-5-12-28-19-9-7-8-17(15(19)3)23(26)27/h7-11,14,25H,5-6,12-13H2,1-4H3,(H,26,27). The van der Waals surface area contributed by atoms with Gasteiger partial charge < -0.3 is 19.7 Å². The number of carbonyl (C=O) groups is 2. The molecule has 156 valence electrons. The molecule has 0 spiro atoms. The van der Waals surface area contributed by atoms with Crippen LogP contribution >= 0.6 is 0 Å². The molecule has 0 fully saturated rings. The van der Waals surface area contributed by atoms with Crippen LogP contribution in [-0.2, 0) is 0 Å². The average molecular weight is 400 g/mol. The van der Waals surface area contributed by atoms with Gasteiger partial charge in [-0.25, -0.2) is 4.79 Å². The van der Waals surface area contributed by atoms with Crippen molar-refractivity contribution >= 4 is 11.8 Å². The maximum Gasteiger partial charge on any atom is 0.336 e. The Morgan fingerprint density at radius 1 is 0.897 bits per heavy atom. The van der Waals surface area contributed by atoms with Gasteiger partial charge in [0.1, 0.15) is 17.2 Å². The smallest absolute Gasteiger partial charge is 0.336 e. The largest absolute Gasteiger partial charge is 0.507 e. The molecule has 29 heavy (non-hydrogen) atoms. The van der Waals surface area contributed by atoms with Gasteiger partial charge in [-0.2, -0.15) is 0 Å². The van der Waals surface area contributed by atoms with Crippen LogP contribution in [0.2, 0.25) is 0 Å². The Hall–Kier alpha value is -3.02. The maximum atomic E-state index is 12.1. The second-order valence-electron chi connectivity index (χ2n) is 7.24. The fourth-order valence-corrected chi connectivity index (χ4v) is 2.92. The lowest BCUT2D eigenvalue weighted by Gasteiger charge is -2.14. The summed E-state index contributed by atoms with van der Waals surface area (Å²) in [5.41, 5.74) is 1.71. The quantitative estimate of drug-likeness (QED) is 0.440. The molecule has 6 heteroatoms. The highest BCUT2D eigenvalue weighted by atomic mass is 16.5. The molecule has 0 saturated carbocycles. The molecule has 0 aliphatic heterocycles. The second kappa shape index (κ2) is 9.96. The number of rotatable bonds is 10. The molecule has 2 aromatic carbocycles. The van der Waals surface area contributed by atoms with Crippen molar-refractivity contribution in [1.29, 1.82) is 0 Å². The Morgan fingerprint density at radius 3 is 2.03 bits per heavy atom. The number of aromatic carboxylic acids is 1. The highest BCUT2D eigenvalue weighted by Gasteiger charge is 2.18. The summed E-state index contributed by atoms with van der Waals surface area (Å²) in [6.07, 6.45) is 1.45. The van der Waals surface area contributed by atoms with Crippen molar-refractivity contribution in [1.82, 2.24) is 0 Å². The number of hydrogen-bond acceptors (Lipinski definition) is 5. The summed E-state index contributed by atoms with van der Waals surface area (Å²) in [7, 11) is 0. The number of Topliss-reactive ketones (excluding diaryl/α,β-unsaturated/α-hetero) is 1. The van der Waals surface area contributed by atoms with E-state index < -0.39 is 5.97 Å². The first-order valence-electron chi connectivity index (χ1n) is 9.69. The van der Waals surface area contributed by atoms with Crippen molar-refractivity contribution in [3.63, 3.8) is 0 Å². The van der Waals surface area contributed by atoms with E-state index in [1.165, 1.54) is 0 Å². The van der Waals surface area contributed by atoms with Crippen molar-refractivity contribution in [2.45, 2.75) is 40.5 Å². The summed E-state index contributed by atoms with van der Waals surface area (Å²) in [4.78, 5) is 23.3. The third-order valence-corrected chi connectivity index (χ3v) is 4.74. The van der Waals surface area contributed by atoms with E-state index in [9.17, 15) is 14.7 Å². The molecule has 0 saturated heterocycles. The lowest BCUT2D eigenvalue weighted by atomic mass is 9.98. The lowest BCUT2D eigenvalue weighted by molar-refractivity contribution is 0.0695. The van der Waals surface area contributed by atoms with Crippen LogP contribution in [0.15, 0.2) is 30.3 Å². The first-order valence-corrected chi connectivity index (χ1v) is 9.69. The van der Waals surface area contributed by atoms with Crippen LogP contribution in [-0.4, -0.2) is 35.2 Å². The van der Waals surface area contributed by atoms with Gasteiger partial charge in [0.15, 0.2) is 5.78 Å². The highest BCUT2D eigenvalue weighted by Crippen LogP contribution is 2.32. The predicted molar refractivity (Wildman–Crippen MR) is 110 cm³/mol. The molecule has 0 unspecified atom stereocenters. The molecule has 0 atom stereocenters. The molecule has 0 aliphatic rings. The van der Waals surface area contributed by atoms with Crippen molar-refractivity contribution in [2.75, 3.05) is 13.2 Å². The van der Waals surface area contributed by atoms with E-state index in [0.717, 1.165) is 12.8 Å². The SMILES string of the molecule is Cc1c(OCCCCOc2ccc(C(=O)C(C)C)c(O)c2C)cccc1C(=O)O. The van der Waals surface area contributed by atoms with E-state index in [2.05, 4.69) is 0 Å². The Kier molecular flexibility index (Phi) is 7.65. The zero-order valence-corrected chi connectivity index (χ0v) is 17.3. The van der Waals surface area contributed by atoms with Gasteiger partial charge in [0, 0.05) is 17.0 Å². The molecule has 0 bridgehead atoms. The fraction of sp³-hybridized carbons (Fsp3) is 0.391. The van der Waals surface area contributed by atoms with E-state index >= 15 is 0 Å². The molecular formula is C23H28O6. The number of hydrogen-bond donors (Lipinski definition) is 2. The van der Waals surface area contributed by atoms with Crippen LogP contribution < -0.4 is 9.47 Å². The number of carboxylic acid groups (broad SMARTS) is 1. The van der Waals surface area contributed by atoms with E-state index in [-0.39, 0.29) is 23.0 Å². The zero-order valence-electron chi connectivity index (χ0n) is 17.3. The number of unbranched alkanes of at least 4 members (excludes halogenated alkanes) is 1. The molecule has 2 rings (SSSR count). The third-order valence-electron chi connectivity index (χ3n) is 4.74. The van der Waals surface area contributed by atoms with E-state index in [1.54, 1.807) is 58.0 Å². The topological polar surface area (TPSA) is 93.1 Å². The van der Waals surface area contributed by atoms with Crippen LogP contribution in [0.5, 0.6) is 17.2 Å². The van der Waals surface area contributed by atoms with E-state index in [0.29, 0.717) is 41.4 Å². The van der Waals surface area contributed by atoms with Crippen LogP contribution in [0.3, 0.4) is 0 Å². The zero-order chi connectivity index (χ0) is 21.6. The Bertz CT molecular complexity index is 885. The molecular weight excluding hydrogens is 372 g/mol. The van der Waals surface area contributed by atoms with Crippen molar-refractivity contribution in [3.05, 3.63) is 52.6 Å². The normalized spacial score (nSPS) is 10.8. The molecule has 6 nitrogen and oxygen atoms in total. The first-order chi connectivity index (χ1) is 13.7. The van der Waals surface area contributed by atoms with Crippen molar-refractivity contribution in [2.24, 2.45) is 5.92 Å². The summed E-state index contributed by atoms with van der Waals surface area (Å²) in [6.45, 7) is 7.93. The Labute approximate surface area is 171 Å². The summed E-state index contributed by atoms with van der Waals surface area (Å²) in [5, 5.41) is 19.4. The average Bonchev–Trinajstić information content (AvgIpc) is 2.68. The Balaban J connectivity index is 1.83. The molecule has 0 aromatic heterocycles. The van der Waals surface area contributed by atoms with Crippen molar-refractivity contribution in [3.8, 4) is 17.2 Å². The number of benzene rings is 2. The molecule has 2 N–H and O–H groups in total. The monoisotopic (exact) mass is 400 g/mol. The Morgan fingerprint density at radius 2 is 1.48 bits per heavy atom. The number of phenols is 1. The maximum absolute atomic E-state index is 12.1. The summed E-state index contributed by atoms with van der Waals surface area (Å²) >= 11 is 0. The van der Waals surface area contributed by atoms with E-state index in [4.69, 9.17) is 14.6 Å². The van der Waals surface area contributed by atoms with E-state index in [1.807, 2.05) is 0 Å². The molecule has 0 aliphatic carbocycles. The molecule has 2 aromatic rings. The van der Waals surface area contributed by atoms with Crippen LogP contribution in [0.4, 0.5) is 0 Å². The van der Waals surface area contributed by atoms with Crippen molar-refractivity contribution < 1.29 is 29.3 Å².